The van der Waals surface area contributed by atoms with E-state index in [2.05, 4.69) is 29.0 Å². The number of aliphatic hydroxyl groups is 3. The van der Waals surface area contributed by atoms with Crippen molar-refractivity contribution in [3.63, 3.8) is 0 Å². The first-order chi connectivity index (χ1) is 18.7. The van der Waals surface area contributed by atoms with Gasteiger partial charge in [0.15, 0.2) is 0 Å². The van der Waals surface area contributed by atoms with Crippen molar-refractivity contribution in [3.8, 4) is 0 Å². The van der Waals surface area contributed by atoms with Gasteiger partial charge in [0.25, 0.3) is 0 Å². The van der Waals surface area contributed by atoms with Crippen molar-refractivity contribution in [3.05, 3.63) is 65.5 Å². The highest BCUT2D eigenvalue weighted by Crippen LogP contribution is 2.70. The van der Waals surface area contributed by atoms with Gasteiger partial charge >= 0.3 is 0 Å². The van der Waals surface area contributed by atoms with E-state index >= 15 is 0 Å². The first-order valence-electron chi connectivity index (χ1n) is 14.8. The van der Waals surface area contributed by atoms with Crippen molar-refractivity contribution >= 4 is 10.8 Å². The number of rotatable bonds is 2. The van der Waals surface area contributed by atoms with Gasteiger partial charge in [-0.2, -0.15) is 0 Å². The molecular formula is C32H39N3O4. The van der Waals surface area contributed by atoms with Crippen molar-refractivity contribution in [2.75, 3.05) is 13.1 Å². The molecule has 7 nitrogen and oxygen atoms in total. The molecule has 2 saturated carbocycles. The number of hydrogen-bond donors (Lipinski definition) is 4. The molecule has 8 rings (SSSR count). The maximum atomic E-state index is 12.5. The summed E-state index contributed by atoms with van der Waals surface area (Å²) in [5, 5.41) is 38.1. The summed E-state index contributed by atoms with van der Waals surface area (Å²) in [6, 6.07) is 8.14. The average Bonchev–Trinajstić information content (AvgIpc) is 3.58. The van der Waals surface area contributed by atoms with E-state index in [4.69, 9.17) is 10.5 Å². The first-order valence-corrected chi connectivity index (χ1v) is 14.8. The third-order valence-electron chi connectivity index (χ3n) is 11.8. The summed E-state index contributed by atoms with van der Waals surface area (Å²) < 4.78 is 7.26. The Balaban J connectivity index is 1.20. The first kappa shape index (κ1) is 24.6. The number of nitrogens with two attached hydrogens (primary N) is 1. The molecule has 1 aromatic carbocycles. The van der Waals surface area contributed by atoms with Gasteiger partial charge in [-0.1, -0.05) is 31.2 Å². The fourth-order valence-electron chi connectivity index (χ4n) is 9.76. The van der Waals surface area contributed by atoms with Crippen molar-refractivity contribution in [1.82, 2.24) is 9.88 Å². The zero-order valence-electron chi connectivity index (χ0n) is 22.6. The van der Waals surface area contributed by atoms with Crippen LogP contribution in [0.2, 0.25) is 0 Å². The number of likely N-dealkylation sites (tertiary alicyclic amines) is 1. The molecule has 9 atom stereocenters. The monoisotopic (exact) mass is 529 g/mol. The Hall–Kier alpha value is -2.13. The fraction of sp³-hybridized carbons (Fsp3) is 0.594. The molecule has 6 aliphatic rings. The van der Waals surface area contributed by atoms with Crippen LogP contribution in [0.3, 0.4) is 0 Å². The van der Waals surface area contributed by atoms with Gasteiger partial charge in [0.2, 0.25) is 0 Å². The molecule has 3 aliphatic heterocycles. The number of aliphatic hydroxyl groups excluding tert-OH is 2. The van der Waals surface area contributed by atoms with Crippen LogP contribution in [0.15, 0.2) is 60.0 Å². The van der Waals surface area contributed by atoms with Crippen molar-refractivity contribution in [2.45, 2.75) is 93.0 Å². The van der Waals surface area contributed by atoms with E-state index in [1.165, 1.54) is 11.1 Å². The molecule has 0 amide bonds. The van der Waals surface area contributed by atoms with Gasteiger partial charge in [0.1, 0.15) is 17.3 Å². The summed E-state index contributed by atoms with van der Waals surface area (Å²) in [7, 11) is 0. The summed E-state index contributed by atoms with van der Waals surface area (Å²) in [6.07, 6.45) is 12.1. The number of fused-ring (bicyclic) bond motifs is 2. The van der Waals surface area contributed by atoms with Gasteiger partial charge in [-0.25, -0.2) is 0 Å². The number of ether oxygens (including phenoxy) is 1. The van der Waals surface area contributed by atoms with Crippen LogP contribution < -0.4 is 5.73 Å². The van der Waals surface area contributed by atoms with Crippen molar-refractivity contribution in [2.24, 2.45) is 17.1 Å². The third kappa shape index (κ3) is 2.96. The molecule has 206 valence electrons. The van der Waals surface area contributed by atoms with Crippen LogP contribution in [0.5, 0.6) is 0 Å². The lowest BCUT2D eigenvalue weighted by atomic mass is 9.56. The van der Waals surface area contributed by atoms with E-state index < -0.39 is 34.4 Å². The van der Waals surface area contributed by atoms with Crippen LogP contribution in [0.25, 0.3) is 10.8 Å². The minimum atomic E-state index is -1.43. The highest BCUT2D eigenvalue weighted by Gasteiger charge is 2.73. The maximum Gasteiger partial charge on any atom is 0.121 e. The second kappa shape index (κ2) is 7.99. The number of aromatic nitrogens is 1. The number of benzene rings is 1. The zero-order valence-corrected chi connectivity index (χ0v) is 22.6. The van der Waals surface area contributed by atoms with Crippen LogP contribution in [-0.2, 0) is 10.3 Å². The fourth-order valence-corrected chi connectivity index (χ4v) is 9.76. The Kier molecular flexibility index (Phi) is 5.05. The summed E-state index contributed by atoms with van der Waals surface area (Å²) in [5.74, 6) is -0.0837. The van der Waals surface area contributed by atoms with E-state index in [1.807, 2.05) is 30.5 Å². The number of hydrogen-bond acceptors (Lipinski definition) is 7. The predicted molar refractivity (Wildman–Crippen MR) is 148 cm³/mol. The number of allylic oxidation sites excluding steroid dienone is 1. The Morgan fingerprint density at radius 2 is 1.95 bits per heavy atom. The van der Waals surface area contributed by atoms with Crippen LogP contribution >= 0.6 is 0 Å². The molecule has 1 aromatic heterocycles. The molecule has 1 unspecified atom stereocenters. The molecule has 3 aliphatic carbocycles. The standard InChI is InChI=1S/C32H39N3O4/c1-29-9-6-22-15-21-4-5-25(35-13-8-24(33)18-35)28(37)31(21)11-10-30(22,39-31)26(29)16-27(36)32(29,38)23-3-2-19-7-12-34-17-20(19)14-23/h2-3,6-7,12,14-15,17,24-28,36-38H,4-5,8-11,13,16,18,33H2,1H3/t24-,25-,26-,27-,28+,29+,30?,31+,32-/m1/s1. The molecule has 4 fully saturated rings. The Morgan fingerprint density at radius 1 is 1.10 bits per heavy atom. The minimum absolute atomic E-state index is 0.0451. The van der Waals surface area contributed by atoms with Crippen molar-refractivity contribution < 1.29 is 20.1 Å². The Morgan fingerprint density at radius 3 is 2.77 bits per heavy atom. The van der Waals surface area contributed by atoms with Gasteiger partial charge in [0.05, 0.1) is 11.7 Å². The van der Waals surface area contributed by atoms with Crippen LogP contribution in [0.1, 0.15) is 57.4 Å². The van der Waals surface area contributed by atoms with E-state index in [0.717, 1.165) is 61.5 Å². The highest BCUT2D eigenvalue weighted by atomic mass is 16.5. The number of nitrogens with zero attached hydrogens (tertiary/aromatic N) is 2. The molecule has 0 radical (unpaired) electrons. The van der Waals surface area contributed by atoms with E-state index in [-0.39, 0.29) is 18.0 Å². The SMILES string of the molecule is C[C@]12CC=C3C=C4CC[C@@H](N5CC[C@@H](N)C5)[C@H](O)[C@]45CCC3(O5)[C@@H]1C[C@@H](O)[C@]2(O)c1ccc2ccncc2c1. The topological polar surface area (TPSA) is 112 Å². The molecule has 2 aromatic rings. The van der Waals surface area contributed by atoms with E-state index in [1.54, 1.807) is 6.20 Å². The molecule has 5 N–H and O–H groups in total. The Labute approximate surface area is 229 Å². The Bertz CT molecular complexity index is 1430. The maximum absolute atomic E-state index is 12.5. The molecule has 7 heteroatoms. The molecule has 39 heavy (non-hydrogen) atoms. The summed E-state index contributed by atoms with van der Waals surface area (Å²) >= 11 is 0. The zero-order chi connectivity index (χ0) is 26.8. The lowest BCUT2D eigenvalue weighted by Gasteiger charge is -2.57. The molecule has 2 bridgehead atoms. The normalized spacial score (nSPS) is 46.9. The summed E-state index contributed by atoms with van der Waals surface area (Å²) in [4.78, 5) is 6.65. The van der Waals surface area contributed by atoms with Gasteiger partial charge < -0.3 is 25.8 Å². The third-order valence-corrected chi connectivity index (χ3v) is 11.8. The van der Waals surface area contributed by atoms with Gasteiger partial charge in [-0.15, -0.1) is 0 Å². The van der Waals surface area contributed by atoms with Gasteiger partial charge in [-0.3, -0.25) is 9.88 Å². The molecular weight excluding hydrogens is 490 g/mol. The smallest absolute Gasteiger partial charge is 0.121 e. The van der Waals surface area contributed by atoms with Crippen LogP contribution in [0.4, 0.5) is 0 Å². The van der Waals surface area contributed by atoms with Crippen molar-refractivity contribution in [1.29, 1.82) is 0 Å². The molecule has 2 saturated heterocycles. The van der Waals surface area contributed by atoms with Crippen LogP contribution in [-0.4, -0.2) is 73.8 Å². The van der Waals surface area contributed by atoms with E-state index in [9.17, 15) is 15.3 Å². The lowest BCUT2D eigenvalue weighted by Crippen LogP contribution is -2.63. The summed E-state index contributed by atoms with van der Waals surface area (Å²) in [6.45, 7) is 3.88. The van der Waals surface area contributed by atoms with Gasteiger partial charge in [0, 0.05) is 54.3 Å². The minimum Gasteiger partial charge on any atom is -0.390 e. The summed E-state index contributed by atoms with van der Waals surface area (Å²) in [5.41, 5.74) is 5.98. The van der Waals surface area contributed by atoms with Crippen LogP contribution in [0, 0.1) is 11.3 Å². The highest BCUT2D eigenvalue weighted by molar-refractivity contribution is 5.82. The predicted octanol–water partition coefficient (Wildman–Crippen LogP) is 2.92. The number of pyridine rings is 1. The van der Waals surface area contributed by atoms with Gasteiger partial charge in [-0.05, 0) is 79.2 Å². The van der Waals surface area contributed by atoms with E-state index in [0.29, 0.717) is 12.8 Å². The molecule has 4 heterocycles. The quantitative estimate of drug-likeness (QED) is 0.473. The average molecular weight is 530 g/mol. The second-order valence-electron chi connectivity index (χ2n) is 13.4. The largest absolute Gasteiger partial charge is 0.390 e. The molecule has 2 spiro atoms. The second-order valence-corrected chi connectivity index (χ2v) is 13.4. The lowest BCUT2D eigenvalue weighted by molar-refractivity contribution is -0.200.